The molecule has 208 valence electrons. The molecule has 0 saturated carbocycles. The van der Waals surface area contributed by atoms with Crippen LogP contribution in [-0.4, -0.2) is 4.57 Å². The van der Waals surface area contributed by atoms with Gasteiger partial charge in [-0.1, -0.05) is 122 Å². The molecule has 0 fully saturated rings. The molecule has 0 bridgehead atoms. The lowest BCUT2D eigenvalue weighted by Crippen LogP contribution is -2.24. The summed E-state index contributed by atoms with van der Waals surface area (Å²) in [4.78, 5) is 0. The smallest absolute Gasteiger partial charge is 0.155 e. The first-order chi connectivity index (χ1) is 19.1. The first-order valence-electron chi connectivity index (χ1n) is 15.0. The number of hydrogen-bond acceptors (Lipinski definition) is 1. The summed E-state index contributed by atoms with van der Waals surface area (Å²) >= 11 is 0. The lowest BCUT2D eigenvalue weighted by Gasteiger charge is -2.34. The van der Waals surface area contributed by atoms with Crippen LogP contribution < -0.4 is 4.74 Å². The van der Waals surface area contributed by atoms with Crippen molar-refractivity contribution in [1.82, 2.24) is 4.57 Å². The highest BCUT2D eigenvalue weighted by molar-refractivity contribution is 6.12. The summed E-state index contributed by atoms with van der Waals surface area (Å²) in [7, 11) is 2.21. The summed E-state index contributed by atoms with van der Waals surface area (Å²) in [5.41, 5.74) is 10.3. The minimum atomic E-state index is -0.128. The summed E-state index contributed by atoms with van der Waals surface area (Å²) in [5.74, 6) is 2.48. The van der Waals surface area contributed by atoms with Gasteiger partial charge in [-0.3, -0.25) is 0 Å². The molecular formula is C38H45NO. The first kappa shape index (κ1) is 28.0. The first-order valence-corrected chi connectivity index (χ1v) is 15.0. The number of ether oxygens (including phenoxy) is 1. The van der Waals surface area contributed by atoms with Gasteiger partial charge < -0.3 is 9.30 Å². The number of rotatable bonds is 4. The average Bonchev–Trinajstić information content (AvgIpc) is 3.26. The molecule has 2 nitrogen and oxygen atoms in total. The fourth-order valence-electron chi connectivity index (χ4n) is 7.04. The van der Waals surface area contributed by atoms with E-state index in [1.807, 2.05) is 13.8 Å². The molecule has 1 aromatic heterocycles. The highest BCUT2D eigenvalue weighted by Crippen LogP contribution is 2.52. The fourth-order valence-corrected chi connectivity index (χ4v) is 7.04. The number of aromatic nitrogens is 1. The Hall–Kier alpha value is -3.52. The van der Waals surface area contributed by atoms with E-state index < -0.39 is 0 Å². The molecule has 0 radical (unpaired) electrons. The van der Waals surface area contributed by atoms with Crippen molar-refractivity contribution in [3.63, 3.8) is 0 Å². The van der Waals surface area contributed by atoms with Crippen LogP contribution in [0.1, 0.15) is 101 Å². The number of fused-ring (bicyclic) bond motifs is 6. The Morgan fingerprint density at radius 2 is 1.43 bits per heavy atom. The SMILES string of the molecule is CC.CCC(C)c1ccccc1C(C)(C)c1ccc2c3ccc4c(c3n(C)c2c1C)Oc1ccccc1C4(C)C. The summed E-state index contributed by atoms with van der Waals surface area (Å²) in [6.45, 7) is 20.3. The van der Waals surface area contributed by atoms with Crippen LogP contribution in [0.25, 0.3) is 21.8 Å². The van der Waals surface area contributed by atoms with Crippen molar-refractivity contribution >= 4 is 21.8 Å². The zero-order valence-electron chi connectivity index (χ0n) is 26.1. The normalized spacial score (nSPS) is 14.7. The summed E-state index contributed by atoms with van der Waals surface area (Å²) < 4.78 is 9.05. The number of nitrogens with zero attached hydrogens (tertiary/aromatic N) is 1. The molecule has 1 aliphatic rings. The molecule has 2 heteroatoms. The minimum absolute atomic E-state index is 0.119. The van der Waals surface area contributed by atoms with E-state index in [0.29, 0.717) is 5.92 Å². The predicted octanol–water partition coefficient (Wildman–Crippen LogP) is 10.9. The Labute approximate surface area is 241 Å². The molecule has 0 N–H and O–H groups in total. The van der Waals surface area contributed by atoms with E-state index in [1.165, 1.54) is 55.2 Å². The van der Waals surface area contributed by atoms with Crippen LogP contribution in [-0.2, 0) is 17.9 Å². The van der Waals surface area contributed by atoms with E-state index in [9.17, 15) is 0 Å². The molecule has 0 aliphatic carbocycles. The van der Waals surface area contributed by atoms with Gasteiger partial charge in [0.15, 0.2) is 5.75 Å². The van der Waals surface area contributed by atoms with Crippen molar-refractivity contribution in [2.75, 3.05) is 0 Å². The third-order valence-electron chi connectivity index (χ3n) is 9.42. The molecule has 1 atom stereocenters. The highest BCUT2D eigenvalue weighted by Gasteiger charge is 2.36. The summed E-state index contributed by atoms with van der Waals surface area (Å²) in [5, 5.41) is 2.54. The van der Waals surface area contributed by atoms with Crippen LogP contribution in [0.15, 0.2) is 72.8 Å². The van der Waals surface area contributed by atoms with Crippen molar-refractivity contribution in [3.8, 4) is 11.5 Å². The largest absolute Gasteiger partial charge is 0.455 e. The Morgan fingerprint density at radius 1 is 0.800 bits per heavy atom. The molecule has 2 heterocycles. The maximum atomic E-state index is 6.68. The highest BCUT2D eigenvalue weighted by atomic mass is 16.5. The quantitative estimate of drug-likeness (QED) is 0.225. The Kier molecular flexibility index (Phi) is 7.11. The second-order valence-corrected chi connectivity index (χ2v) is 12.3. The van der Waals surface area contributed by atoms with Crippen molar-refractivity contribution < 1.29 is 4.74 Å². The number of hydrogen-bond donors (Lipinski definition) is 0. The van der Waals surface area contributed by atoms with Gasteiger partial charge in [-0.15, -0.1) is 0 Å². The molecule has 6 rings (SSSR count). The standard InChI is InChI=1S/C36H39NO.C2H6/c1-9-22(2)24-14-10-11-15-28(24)35(4,5)27-20-18-25-26-19-21-30-34(33(26)37(8)32(25)23(27)3)38-31-17-13-12-16-29(31)36(30,6)7;1-2/h10-22H,9H2,1-8H3;1-2H3. The third kappa shape index (κ3) is 3.99. The zero-order valence-corrected chi connectivity index (χ0v) is 26.1. The average molecular weight is 532 g/mol. The molecule has 4 aromatic carbocycles. The summed E-state index contributed by atoms with van der Waals surface area (Å²) in [6, 6.07) is 26.8. The van der Waals surface area contributed by atoms with Gasteiger partial charge in [0, 0.05) is 39.8 Å². The van der Waals surface area contributed by atoms with E-state index in [1.54, 1.807) is 0 Å². The maximum Gasteiger partial charge on any atom is 0.155 e. The number of para-hydroxylation sites is 1. The molecule has 1 unspecified atom stereocenters. The van der Waals surface area contributed by atoms with E-state index >= 15 is 0 Å². The lowest BCUT2D eigenvalue weighted by atomic mass is 9.72. The van der Waals surface area contributed by atoms with Gasteiger partial charge in [-0.25, -0.2) is 0 Å². The number of aryl methyl sites for hydroxylation is 2. The van der Waals surface area contributed by atoms with Gasteiger partial charge in [0.25, 0.3) is 0 Å². The van der Waals surface area contributed by atoms with E-state index in [0.717, 1.165) is 17.9 Å². The van der Waals surface area contributed by atoms with E-state index in [-0.39, 0.29) is 10.8 Å². The van der Waals surface area contributed by atoms with Crippen molar-refractivity contribution in [3.05, 3.63) is 106 Å². The van der Waals surface area contributed by atoms with Crippen molar-refractivity contribution in [1.29, 1.82) is 0 Å². The minimum Gasteiger partial charge on any atom is -0.455 e. The van der Waals surface area contributed by atoms with E-state index in [4.69, 9.17) is 4.74 Å². The molecular weight excluding hydrogens is 486 g/mol. The van der Waals surface area contributed by atoms with Crippen molar-refractivity contribution in [2.45, 2.75) is 85.5 Å². The van der Waals surface area contributed by atoms with Crippen LogP contribution in [0.3, 0.4) is 0 Å². The Bertz CT molecular complexity index is 1720. The molecule has 0 spiro atoms. The van der Waals surface area contributed by atoms with Gasteiger partial charge >= 0.3 is 0 Å². The molecule has 40 heavy (non-hydrogen) atoms. The number of benzene rings is 4. The van der Waals surface area contributed by atoms with Crippen LogP contribution in [0.2, 0.25) is 0 Å². The van der Waals surface area contributed by atoms with Gasteiger partial charge in [-0.2, -0.15) is 0 Å². The molecule has 0 amide bonds. The van der Waals surface area contributed by atoms with Crippen LogP contribution in [0.5, 0.6) is 11.5 Å². The predicted molar refractivity (Wildman–Crippen MR) is 172 cm³/mol. The van der Waals surface area contributed by atoms with Gasteiger partial charge in [0.05, 0.1) is 11.0 Å². The monoisotopic (exact) mass is 531 g/mol. The molecule has 0 saturated heterocycles. The summed E-state index contributed by atoms with van der Waals surface area (Å²) in [6.07, 6.45) is 1.14. The van der Waals surface area contributed by atoms with Crippen molar-refractivity contribution in [2.24, 2.45) is 7.05 Å². The Balaban J connectivity index is 0.00000158. The topological polar surface area (TPSA) is 14.2 Å². The van der Waals surface area contributed by atoms with Crippen LogP contribution in [0, 0.1) is 6.92 Å². The van der Waals surface area contributed by atoms with Gasteiger partial charge in [-0.05, 0) is 47.6 Å². The third-order valence-corrected chi connectivity index (χ3v) is 9.42. The van der Waals surface area contributed by atoms with Crippen LogP contribution >= 0.6 is 0 Å². The molecule has 1 aliphatic heterocycles. The Morgan fingerprint density at radius 3 is 2.15 bits per heavy atom. The van der Waals surface area contributed by atoms with Gasteiger partial charge in [0.2, 0.25) is 0 Å². The van der Waals surface area contributed by atoms with E-state index in [2.05, 4.69) is 133 Å². The van der Waals surface area contributed by atoms with Crippen LogP contribution in [0.4, 0.5) is 0 Å². The lowest BCUT2D eigenvalue weighted by molar-refractivity contribution is 0.421. The fraction of sp³-hybridized carbons (Fsp3) is 0.368. The van der Waals surface area contributed by atoms with Gasteiger partial charge in [0.1, 0.15) is 5.75 Å². The zero-order chi connectivity index (χ0) is 29.0. The second-order valence-electron chi connectivity index (χ2n) is 12.3. The molecule has 5 aromatic rings. The maximum absolute atomic E-state index is 6.68. The second kappa shape index (κ2) is 10.1.